The first kappa shape index (κ1) is 11.8. The minimum atomic E-state index is -0.319. The van der Waals surface area contributed by atoms with Crippen molar-refractivity contribution in [3.05, 3.63) is 33.8 Å². The van der Waals surface area contributed by atoms with Gasteiger partial charge in [0.2, 0.25) is 0 Å². The van der Waals surface area contributed by atoms with Crippen LogP contribution < -0.4 is 0 Å². The Morgan fingerprint density at radius 2 is 1.93 bits per heavy atom. The van der Waals surface area contributed by atoms with Crippen molar-refractivity contribution in [3.63, 3.8) is 0 Å². The van der Waals surface area contributed by atoms with E-state index in [4.69, 9.17) is 23.2 Å². The van der Waals surface area contributed by atoms with Gasteiger partial charge in [-0.05, 0) is 43.0 Å². The molecular formula is C11H14Cl2O. The Morgan fingerprint density at radius 3 is 2.50 bits per heavy atom. The molecule has 14 heavy (non-hydrogen) atoms. The summed E-state index contributed by atoms with van der Waals surface area (Å²) in [6.45, 7) is 3.80. The molecule has 0 aliphatic carbocycles. The molecule has 1 aromatic carbocycles. The topological polar surface area (TPSA) is 20.2 Å². The summed E-state index contributed by atoms with van der Waals surface area (Å²) in [5.41, 5.74) is 1.00. The molecule has 0 saturated heterocycles. The van der Waals surface area contributed by atoms with E-state index < -0.39 is 0 Å². The lowest BCUT2D eigenvalue weighted by molar-refractivity contribution is 0.176. The molecule has 0 heterocycles. The van der Waals surface area contributed by atoms with Gasteiger partial charge in [-0.25, -0.2) is 0 Å². The summed E-state index contributed by atoms with van der Waals surface area (Å²) in [5.74, 6) is 0.223. The first-order valence-corrected chi connectivity index (χ1v) is 5.39. The van der Waals surface area contributed by atoms with Crippen molar-refractivity contribution in [2.75, 3.05) is 0 Å². The number of benzene rings is 1. The second kappa shape index (κ2) is 5.01. The fourth-order valence-corrected chi connectivity index (χ4v) is 2.02. The molecule has 0 bridgehead atoms. The number of aliphatic hydroxyl groups is 1. The first-order chi connectivity index (χ1) is 6.50. The highest BCUT2D eigenvalue weighted by Gasteiger charge is 2.12. The Morgan fingerprint density at radius 1 is 1.29 bits per heavy atom. The first-order valence-electron chi connectivity index (χ1n) is 4.63. The second-order valence-corrected chi connectivity index (χ2v) is 4.50. The zero-order valence-corrected chi connectivity index (χ0v) is 9.81. The maximum absolute atomic E-state index is 9.27. The van der Waals surface area contributed by atoms with Gasteiger partial charge in [0, 0.05) is 10.0 Å². The van der Waals surface area contributed by atoms with Gasteiger partial charge in [0.15, 0.2) is 0 Å². The van der Waals surface area contributed by atoms with E-state index in [2.05, 4.69) is 0 Å². The van der Waals surface area contributed by atoms with Crippen LogP contribution in [0.15, 0.2) is 18.2 Å². The molecule has 1 N–H and O–H groups in total. The minimum absolute atomic E-state index is 0.223. The Bertz CT molecular complexity index is 310. The smallest absolute Gasteiger partial charge is 0.0517 e. The van der Waals surface area contributed by atoms with Crippen LogP contribution in [0.5, 0.6) is 0 Å². The molecule has 0 aromatic heterocycles. The number of aliphatic hydroxyl groups excluding tert-OH is 1. The van der Waals surface area contributed by atoms with Crippen LogP contribution in [0.4, 0.5) is 0 Å². The third-order valence-corrected chi connectivity index (χ3v) is 2.76. The number of hydrogen-bond acceptors (Lipinski definition) is 1. The number of rotatable bonds is 3. The van der Waals surface area contributed by atoms with Crippen LogP contribution in [0.25, 0.3) is 0 Å². The summed E-state index contributed by atoms with van der Waals surface area (Å²) in [5, 5.41) is 10.7. The van der Waals surface area contributed by atoms with Crippen LogP contribution in [0, 0.1) is 0 Å². The molecule has 3 heteroatoms. The predicted octanol–water partition coefficient (Wildman–Crippen LogP) is 3.87. The molecule has 78 valence electrons. The summed E-state index contributed by atoms with van der Waals surface area (Å²) in [6.07, 6.45) is 0.375. The highest BCUT2D eigenvalue weighted by Crippen LogP contribution is 2.30. The van der Waals surface area contributed by atoms with Crippen LogP contribution in [-0.4, -0.2) is 11.2 Å². The van der Waals surface area contributed by atoms with Crippen LogP contribution in [-0.2, 0) is 0 Å². The van der Waals surface area contributed by atoms with E-state index in [0.717, 1.165) is 5.56 Å². The Kier molecular flexibility index (Phi) is 4.24. The van der Waals surface area contributed by atoms with Gasteiger partial charge < -0.3 is 5.11 Å². The molecule has 0 spiro atoms. The Hall–Kier alpha value is -0.240. The number of hydrogen-bond donors (Lipinski definition) is 1. The molecule has 0 amide bonds. The molecule has 1 aromatic rings. The summed E-state index contributed by atoms with van der Waals surface area (Å²) >= 11 is 11.9. The van der Waals surface area contributed by atoms with E-state index in [-0.39, 0.29) is 12.0 Å². The summed E-state index contributed by atoms with van der Waals surface area (Å²) in [4.78, 5) is 0. The van der Waals surface area contributed by atoms with Crippen molar-refractivity contribution in [1.82, 2.24) is 0 Å². The Balaban J connectivity index is 2.88. The fraction of sp³-hybridized carbons (Fsp3) is 0.455. The SMILES string of the molecule is CC(O)CC(C)c1cc(Cl)ccc1Cl. The number of halogens is 2. The van der Waals surface area contributed by atoms with Crippen molar-refractivity contribution >= 4 is 23.2 Å². The molecule has 2 atom stereocenters. The highest BCUT2D eigenvalue weighted by atomic mass is 35.5. The molecule has 0 aliphatic rings. The highest BCUT2D eigenvalue weighted by molar-refractivity contribution is 6.33. The van der Waals surface area contributed by atoms with E-state index in [9.17, 15) is 5.11 Å². The zero-order chi connectivity index (χ0) is 10.7. The predicted molar refractivity (Wildman–Crippen MR) is 61.2 cm³/mol. The van der Waals surface area contributed by atoms with Crippen molar-refractivity contribution in [2.45, 2.75) is 32.3 Å². The van der Waals surface area contributed by atoms with Gasteiger partial charge in [-0.3, -0.25) is 0 Å². The van der Waals surface area contributed by atoms with Crippen molar-refractivity contribution in [1.29, 1.82) is 0 Å². The average molecular weight is 233 g/mol. The van der Waals surface area contributed by atoms with E-state index in [1.807, 2.05) is 13.0 Å². The van der Waals surface area contributed by atoms with Gasteiger partial charge in [-0.15, -0.1) is 0 Å². The minimum Gasteiger partial charge on any atom is -0.393 e. The third kappa shape index (κ3) is 3.16. The van der Waals surface area contributed by atoms with Crippen LogP contribution >= 0.6 is 23.2 Å². The fourth-order valence-electron chi connectivity index (χ4n) is 1.53. The maximum atomic E-state index is 9.27. The maximum Gasteiger partial charge on any atom is 0.0517 e. The van der Waals surface area contributed by atoms with E-state index in [0.29, 0.717) is 16.5 Å². The van der Waals surface area contributed by atoms with E-state index in [1.165, 1.54) is 0 Å². The van der Waals surface area contributed by atoms with Crippen LogP contribution in [0.1, 0.15) is 31.7 Å². The van der Waals surface area contributed by atoms with Crippen molar-refractivity contribution in [2.24, 2.45) is 0 Å². The third-order valence-electron chi connectivity index (χ3n) is 2.18. The molecule has 2 unspecified atom stereocenters. The van der Waals surface area contributed by atoms with Gasteiger partial charge in [0.1, 0.15) is 0 Å². The van der Waals surface area contributed by atoms with Gasteiger partial charge in [-0.1, -0.05) is 30.1 Å². The van der Waals surface area contributed by atoms with Crippen molar-refractivity contribution in [3.8, 4) is 0 Å². The van der Waals surface area contributed by atoms with E-state index >= 15 is 0 Å². The standard InChI is InChI=1S/C11H14Cl2O/c1-7(5-8(2)14)10-6-9(12)3-4-11(10)13/h3-4,6-8,14H,5H2,1-2H3. The Labute approximate surface area is 94.7 Å². The molecular weight excluding hydrogens is 219 g/mol. The molecule has 1 rings (SSSR count). The lowest BCUT2D eigenvalue weighted by Crippen LogP contribution is -2.06. The lowest BCUT2D eigenvalue weighted by atomic mass is 9.95. The second-order valence-electron chi connectivity index (χ2n) is 3.65. The van der Waals surface area contributed by atoms with Crippen LogP contribution in [0.2, 0.25) is 10.0 Å². The van der Waals surface area contributed by atoms with E-state index in [1.54, 1.807) is 19.1 Å². The quantitative estimate of drug-likeness (QED) is 0.840. The van der Waals surface area contributed by atoms with Gasteiger partial charge >= 0.3 is 0 Å². The lowest BCUT2D eigenvalue weighted by Gasteiger charge is -2.15. The van der Waals surface area contributed by atoms with Gasteiger partial charge in [0.05, 0.1) is 6.10 Å². The molecule has 0 fully saturated rings. The molecule has 0 saturated carbocycles. The molecule has 0 radical (unpaired) electrons. The molecule has 1 nitrogen and oxygen atoms in total. The zero-order valence-electron chi connectivity index (χ0n) is 8.30. The monoisotopic (exact) mass is 232 g/mol. The summed E-state index contributed by atoms with van der Waals surface area (Å²) in [7, 11) is 0. The van der Waals surface area contributed by atoms with Crippen molar-refractivity contribution < 1.29 is 5.11 Å². The van der Waals surface area contributed by atoms with Crippen LogP contribution in [0.3, 0.4) is 0 Å². The summed E-state index contributed by atoms with van der Waals surface area (Å²) < 4.78 is 0. The van der Waals surface area contributed by atoms with Gasteiger partial charge in [-0.2, -0.15) is 0 Å². The normalized spacial score (nSPS) is 15.2. The largest absolute Gasteiger partial charge is 0.393 e. The summed E-state index contributed by atoms with van der Waals surface area (Å²) in [6, 6.07) is 5.41. The van der Waals surface area contributed by atoms with Gasteiger partial charge in [0.25, 0.3) is 0 Å². The molecule has 0 aliphatic heterocycles. The average Bonchev–Trinajstić information content (AvgIpc) is 2.08.